The smallest absolute Gasteiger partial charge is 0.231 e. The van der Waals surface area contributed by atoms with Gasteiger partial charge in [0.1, 0.15) is 0 Å². The van der Waals surface area contributed by atoms with Gasteiger partial charge in [-0.25, -0.2) is 4.68 Å². The van der Waals surface area contributed by atoms with Crippen LogP contribution in [-0.4, -0.2) is 19.9 Å². The summed E-state index contributed by atoms with van der Waals surface area (Å²) >= 11 is 0. The van der Waals surface area contributed by atoms with Crippen LogP contribution in [0.15, 0.2) is 47.2 Å². The Morgan fingerprint density at radius 3 is 2.74 bits per heavy atom. The Hall–Kier alpha value is -2.47. The van der Waals surface area contributed by atoms with Crippen molar-refractivity contribution in [1.82, 2.24) is 19.9 Å². The third kappa shape index (κ3) is 2.77. The summed E-state index contributed by atoms with van der Waals surface area (Å²) in [5, 5.41) is 8.48. The maximum absolute atomic E-state index is 6.37. The van der Waals surface area contributed by atoms with Crippen molar-refractivity contribution in [3.05, 3.63) is 60.0 Å². The number of para-hydroxylation sites is 1. The fourth-order valence-corrected chi connectivity index (χ4v) is 3.11. The highest BCUT2D eigenvalue weighted by Crippen LogP contribution is 2.34. The van der Waals surface area contributed by atoms with E-state index in [1.165, 1.54) is 0 Å². The molecule has 6 nitrogen and oxygen atoms in total. The molecule has 0 atom stereocenters. The maximum atomic E-state index is 6.37. The molecule has 0 saturated heterocycles. The summed E-state index contributed by atoms with van der Waals surface area (Å²) in [6, 6.07) is 9.99. The first-order valence-electron chi connectivity index (χ1n) is 7.94. The summed E-state index contributed by atoms with van der Waals surface area (Å²) in [4.78, 5) is 4.50. The summed E-state index contributed by atoms with van der Waals surface area (Å²) < 4.78 is 7.22. The lowest BCUT2D eigenvalue weighted by Crippen LogP contribution is -2.34. The van der Waals surface area contributed by atoms with Gasteiger partial charge in [-0.1, -0.05) is 36.2 Å². The number of nitrogens with two attached hydrogens (primary N) is 1. The summed E-state index contributed by atoms with van der Waals surface area (Å²) in [5.41, 5.74) is 8.01. The fraction of sp³-hybridized carbons (Fsp3) is 0.353. The van der Waals surface area contributed by atoms with Gasteiger partial charge in [-0.3, -0.25) is 0 Å². The van der Waals surface area contributed by atoms with Crippen LogP contribution >= 0.6 is 0 Å². The van der Waals surface area contributed by atoms with Gasteiger partial charge < -0.3 is 10.3 Å². The molecule has 6 heteroatoms. The van der Waals surface area contributed by atoms with Gasteiger partial charge in [0.05, 0.1) is 23.8 Å². The molecule has 23 heavy (non-hydrogen) atoms. The molecule has 0 spiro atoms. The van der Waals surface area contributed by atoms with Crippen molar-refractivity contribution < 1.29 is 4.52 Å². The molecule has 118 valence electrons. The predicted octanol–water partition coefficient (Wildman–Crippen LogP) is 2.57. The fourth-order valence-electron chi connectivity index (χ4n) is 3.11. The molecule has 0 unspecified atom stereocenters. The van der Waals surface area contributed by atoms with E-state index in [0.717, 1.165) is 36.9 Å². The first-order chi connectivity index (χ1) is 11.2. The lowest BCUT2D eigenvalue weighted by Gasteiger charge is -2.17. The van der Waals surface area contributed by atoms with Gasteiger partial charge in [-0.05, 0) is 30.5 Å². The normalized spacial score (nSPS) is 16.7. The molecule has 2 aromatic heterocycles. The second kappa shape index (κ2) is 5.62. The molecule has 4 rings (SSSR count). The van der Waals surface area contributed by atoms with Crippen molar-refractivity contribution in [3.8, 4) is 5.69 Å². The van der Waals surface area contributed by atoms with Crippen molar-refractivity contribution in [1.29, 1.82) is 0 Å². The third-order valence-electron chi connectivity index (χ3n) is 4.42. The minimum atomic E-state index is -0.407. The Kier molecular flexibility index (Phi) is 3.46. The Morgan fingerprint density at radius 1 is 1.17 bits per heavy atom. The minimum Gasteiger partial charge on any atom is -0.339 e. The molecule has 1 aliphatic rings. The van der Waals surface area contributed by atoms with E-state index in [2.05, 4.69) is 15.2 Å². The summed E-state index contributed by atoms with van der Waals surface area (Å²) in [6.07, 6.45) is 8.48. The Labute approximate surface area is 134 Å². The Morgan fingerprint density at radius 2 is 1.96 bits per heavy atom. The van der Waals surface area contributed by atoms with Crippen LogP contribution in [0.2, 0.25) is 0 Å². The molecular formula is C17H19N5O. The number of benzene rings is 1. The first kappa shape index (κ1) is 14.1. The second-order valence-electron chi connectivity index (χ2n) is 6.18. The Balaban J connectivity index is 1.51. The van der Waals surface area contributed by atoms with Crippen molar-refractivity contribution in [3.63, 3.8) is 0 Å². The average Bonchev–Trinajstić information content (AvgIpc) is 3.30. The quantitative estimate of drug-likeness (QED) is 0.801. The van der Waals surface area contributed by atoms with E-state index in [4.69, 9.17) is 10.3 Å². The number of nitrogens with zero attached hydrogens (tertiary/aromatic N) is 4. The largest absolute Gasteiger partial charge is 0.339 e. The van der Waals surface area contributed by atoms with Crippen molar-refractivity contribution in [2.75, 3.05) is 0 Å². The van der Waals surface area contributed by atoms with Crippen LogP contribution in [0.25, 0.3) is 5.69 Å². The maximum Gasteiger partial charge on any atom is 0.231 e. The van der Waals surface area contributed by atoms with Crippen molar-refractivity contribution in [2.45, 2.75) is 37.6 Å². The van der Waals surface area contributed by atoms with Gasteiger partial charge in [-0.15, -0.1) is 0 Å². The molecule has 3 aromatic rings. The van der Waals surface area contributed by atoms with Crippen LogP contribution in [-0.2, 0) is 12.0 Å². The molecule has 2 N–H and O–H groups in total. The molecule has 2 heterocycles. The number of hydrogen-bond acceptors (Lipinski definition) is 5. The summed E-state index contributed by atoms with van der Waals surface area (Å²) in [5.74, 6) is 1.23. The minimum absolute atomic E-state index is 0.407. The van der Waals surface area contributed by atoms with E-state index in [9.17, 15) is 0 Å². The van der Waals surface area contributed by atoms with Crippen LogP contribution in [0.4, 0.5) is 0 Å². The SMILES string of the molecule is NC1(c2noc(Cc3cnn(-c4ccccc4)c3)n2)CCCC1. The molecule has 0 aliphatic heterocycles. The molecule has 1 aromatic carbocycles. The molecule has 0 radical (unpaired) electrons. The molecular weight excluding hydrogens is 290 g/mol. The van der Waals surface area contributed by atoms with Gasteiger partial charge in [0.15, 0.2) is 5.82 Å². The number of rotatable bonds is 4. The highest BCUT2D eigenvalue weighted by molar-refractivity contribution is 5.31. The lowest BCUT2D eigenvalue weighted by atomic mass is 9.99. The van der Waals surface area contributed by atoms with Gasteiger partial charge in [0.25, 0.3) is 0 Å². The zero-order chi connectivity index (χ0) is 15.7. The van der Waals surface area contributed by atoms with E-state index in [-0.39, 0.29) is 0 Å². The molecule has 1 aliphatic carbocycles. The highest BCUT2D eigenvalue weighted by atomic mass is 16.5. The highest BCUT2D eigenvalue weighted by Gasteiger charge is 2.35. The van der Waals surface area contributed by atoms with E-state index in [1.54, 1.807) is 0 Å². The van der Waals surface area contributed by atoms with Crippen molar-refractivity contribution in [2.24, 2.45) is 5.73 Å². The average molecular weight is 309 g/mol. The molecule has 1 fully saturated rings. The molecule has 1 saturated carbocycles. The summed E-state index contributed by atoms with van der Waals surface area (Å²) in [6.45, 7) is 0. The first-order valence-corrected chi connectivity index (χ1v) is 7.94. The van der Waals surface area contributed by atoms with E-state index in [0.29, 0.717) is 18.1 Å². The van der Waals surface area contributed by atoms with Crippen molar-refractivity contribution >= 4 is 0 Å². The van der Waals surface area contributed by atoms with Gasteiger partial charge >= 0.3 is 0 Å². The molecule has 0 bridgehead atoms. The summed E-state index contributed by atoms with van der Waals surface area (Å²) in [7, 11) is 0. The number of aromatic nitrogens is 4. The predicted molar refractivity (Wildman–Crippen MR) is 85.0 cm³/mol. The molecule has 0 amide bonds. The third-order valence-corrected chi connectivity index (χ3v) is 4.42. The lowest BCUT2D eigenvalue weighted by molar-refractivity contribution is 0.352. The van der Waals surface area contributed by atoms with E-state index < -0.39 is 5.54 Å². The monoisotopic (exact) mass is 309 g/mol. The van der Waals surface area contributed by atoms with Crippen LogP contribution in [0.3, 0.4) is 0 Å². The van der Waals surface area contributed by atoms with E-state index >= 15 is 0 Å². The van der Waals surface area contributed by atoms with E-state index in [1.807, 2.05) is 47.4 Å². The Bertz CT molecular complexity index is 786. The van der Waals surface area contributed by atoms with Gasteiger partial charge in [0.2, 0.25) is 5.89 Å². The zero-order valence-electron chi connectivity index (χ0n) is 12.9. The van der Waals surface area contributed by atoms with Crippen LogP contribution < -0.4 is 5.73 Å². The van der Waals surface area contributed by atoms with Crippen LogP contribution in [0.1, 0.15) is 43.0 Å². The standard InChI is InChI=1S/C17H19N5O/c18-17(8-4-5-9-17)16-20-15(23-21-16)10-13-11-19-22(12-13)14-6-2-1-3-7-14/h1-3,6-7,11-12H,4-5,8-10,18H2. The topological polar surface area (TPSA) is 82.8 Å². The van der Waals surface area contributed by atoms with Gasteiger partial charge in [-0.2, -0.15) is 10.1 Å². The zero-order valence-corrected chi connectivity index (χ0v) is 12.9. The number of hydrogen-bond donors (Lipinski definition) is 1. The second-order valence-corrected chi connectivity index (χ2v) is 6.18. The van der Waals surface area contributed by atoms with Gasteiger partial charge in [0, 0.05) is 6.20 Å². The van der Waals surface area contributed by atoms with Crippen LogP contribution in [0, 0.1) is 0 Å². The van der Waals surface area contributed by atoms with Crippen LogP contribution in [0.5, 0.6) is 0 Å².